The molecule has 0 aliphatic carbocycles. The molecule has 1 aliphatic heterocycles. The van der Waals surface area contributed by atoms with E-state index in [0.717, 1.165) is 0 Å². The number of hydrogen-bond donors (Lipinski definition) is 4. The van der Waals surface area contributed by atoms with Crippen molar-refractivity contribution in [3.63, 3.8) is 0 Å². The minimum Gasteiger partial charge on any atom is -0.473 e. The van der Waals surface area contributed by atoms with E-state index in [1.54, 1.807) is 0 Å². The Morgan fingerprint density at radius 1 is 0.833 bits per heavy atom. The molecular weight excluding hydrogens is 458 g/mol. The number of nitrogens with one attached hydrogen (secondary N) is 1. The number of carboxylic acids is 2. The van der Waals surface area contributed by atoms with Crippen LogP contribution in [0.15, 0.2) is 61.2 Å². The van der Waals surface area contributed by atoms with E-state index < -0.39 is 17.5 Å². The van der Waals surface area contributed by atoms with E-state index in [-0.39, 0.29) is 23.9 Å². The Bertz CT molecular complexity index is 959. The van der Waals surface area contributed by atoms with Crippen LogP contribution in [0.3, 0.4) is 0 Å². The summed E-state index contributed by atoms with van der Waals surface area (Å²) in [6, 6.07) is 17.4. The van der Waals surface area contributed by atoms with Gasteiger partial charge in [-0.05, 0) is 41.8 Å². The Morgan fingerprint density at radius 3 is 1.42 bits per heavy atom. The summed E-state index contributed by atoms with van der Waals surface area (Å²) < 4.78 is 0. The van der Waals surface area contributed by atoms with Crippen molar-refractivity contribution in [1.82, 2.24) is 5.32 Å². The number of aliphatic hydroxyl groups is 1. The average Bonchev–Trinajstić information content (AvgIpc) is 2.84. The second-order valence-corrected chi connectivity index (χ2v) is 9.77. The van der Waals surface area contributed by atoms with Gasteiger partial charge in [0.1, 0.15) is 0 Å². The fourth-order valence-electron chi connectivity index (χ4n) is 4.81. The van der Waals surface area contributed by atoms with Crippen LogP contribution in [0.4, 0.5) is 11.4 Å². The van der Waals surface area contributed by atoms with Crippen LogP contribution < -0.4 is 15.1 Å². The maximum Gasteiger partial charge on any atom is 0.414 e. The third-order valence-corrected chi connectivity index (χ3v) is 7.13. The van der Waals surface area contributed by atoms with E-state index in [4.69, 9.17) is 19.8 Å². The van der Waals surface area contributed by atoms with Gasteiger partial charge in [-0.15, -0.1) is 6.58 Å². The lowest BCUT2D eigenvalue weighted by Gasteiger charge is -2.52. The third-order valence-electron chi connectivity index (χ3n) is 7.13. The molecule has 0 radical (unpaired) electrons. The largest absolute Gasteiger partial charge is 0.473 e. The van der Waals surface area contributed by atoms with Gasteiger partial charge in [-0.25, -0.2) is 9.59 Å². The molecule has 0 amide bonds. The molecule has 36 heavy (non-hydrogen) atoms. The Morgan fingerprint density at radius 2 is 1.17 bits per heavy atom. The van der Waals surface area contributed by atoms with Crippen LogP contribution >= 0.6 is 0 Å². The molecule has 8 nitrogen and oxygen atoms in total. The first-order valence-corrected chi connectivity index (χ1v) is 11.9. The molecule has 4 atom stereocenters. The zero-order chi connectivity index (χ0) is 27.2. The number of nitrogens with zero attached hydrogens (tertiary/aromatic N) is 2. The molecule has 1 saturated heterocycles. The van der Waals surface area contributed by atoms with Crippen LogP contribution in [-0.2, 0) is 9.59 Å². The summed E-state index contributed by atoms with van der Waals surface area (Å²) in [4.78, 5) is 22.4. The van der Waals surface area contributed by atoms with Crippen LogP contribution in [-0.4, -0.2) is 61.0 Å². The van der Waals surface area contributed by atoms with Crippen molar-refractivity contribution < 1.29 is 24.9 Å². The summed E-state index contributed by atoms with van der Waals surface area (Å²) >= 11 is 0. The molecule has 1 heterocycles. The highest BCUT2D eigenvalue weighted by Gasteiger charge is 2.50. The van der Waals surface area contributed by atoms with Gasteiger partial charge in [-0.1, -0.05) is 44.2 Å². The summed E-state index contributed by atoms with van der Waals surface area (Å²) in [6.45, 7) is 8.25. The van der Waals surface area contributed by atoms with Gasteiger partial charge >= 0.3 is 11.9 Å². The van der Waals surface area contributed by atoms with Gasteiger partial charge in [-0.3, -0.25) is 0 Å². The fraction of sp³-hybridized carbons (Fsp3) is 0.429. The van der Waals surface area contributed by atoms with Crippen LogP contribution in [0.2, 0.25) is 0 Å². The molecule has 0 saturated carbocycles. The van der Waals surface area contributed by atoms with Gasteiger partial charge in [-0.2, -0.15) is 0 Å². The van der Waals surface area contributed by atoms with Gasteiger partial charge in [0.05, 0.1) is 5.60 Å². The lowest BCUT2D eigenvalue weighted by atomic mass is 9.64. The van der Waals surface area contributed by atoms with Gasteiger partial charge < -0.3 is 30.4 Å². The fourth-order valence-corrected chi connectivity index (χ4v) is 4.81. The minimum atomic E-state index is -1.82. The summed E-state index contributed by atoms with van der Waals surface area (Å²) in [5, 5.41) is 30.5. The van der Waals surface area contributed by atoms with Crippen LogP contribution in [0.5, 0.6) is 0 Å². The van der Waals surface area contributed by atoms with Crippen molar-refractivity contribution in [3.8, 4) is 0 Å². The summed E-state index contributed by atoms with van der Waals surface area (Å²) in [5.41, 5.74) is 3.93. The molecule has 8 heteroatoms. The van der Waals surface area contributed by atoms with Crippen LogP contribution in [0.25, 0.3) is 0 Å². The molecular formula is C28H39N3O5. The number of carbonyl (C=O) groups is 2. The van der Waals surface area contributed by atoms with Crippen molar-refractivity contribution in [2.75, 3.05) is 38.0 Å². The Kier molecular flexibility index (Phi) is 9.67. The molecule has 1 fully saturated rings. The first-order valence-electron chi connectivity index (χ1n) is 11.9. The first-order chi connectivity index (χ1) is 16.8. The van der Waals surface area contributed by atoms with Gasteiger partial charge in [0.15, 0.2) is 0 Å². The molecule has 0 spiro atoms. The smallest absolute Gasteiger partial charge is 0.414 e. The second-order valence-electron chi connectivity index (χ2n) is 9.77. The maximum atomic E-state index is 11.8. The molecule has 2 aromatic carbocycles. The molecule has 1 aliphatic rings. The van der Waals surface area contributed by atoms with E-state index in [1.165, 1.54) is 22.5 Å². The number of anilines is 2. The van der Waals surface area contributed by atoms with Gasteiger partial charge in [0, 0.05) is 63.5 Å². The highest BCUT2D eigenvalue weighted by molar-refractivity contribution is 6.27. The van der Waals surface area contributed by atoms with Crippen molar-refractivity contribution in [2.45, 2.75) is 38.0 Å². The Balaban J connectivity index is 0.000000678. The standard InChI is InChI=1S/C26H37N3O.C2H2O4/c1-8-17-26(30)18(2)24(20-9-13-22(14-10-20)28(4)5)27-25(19(26)3)21-11-15-23(16-12-21)29(6)7;3-1(4)2(5)6/h8-16,18-19,24-25,27,30H,1,17H2,2-7H3;(H,3,4)(H,5,6). The molecule has 3 rings (SSSR count). The third kappa shape index (κ3) is 6.44. The van der Waals surface area contributed by atoms with E-state index in [9.17, 15) is 5.11 Å². The summed E-state index contributed by atoms with van der Waals surface area (Å²) in [7, 11) is 8.20. The lowest BCUT2D eigenvalue weighted by molar-refractivity contribution is -0.159. The summed E-state index contributed by atoms with van der Waals surface area (Å²) in [5.74, 6) is -3.55. The lowest BCUT2D eigenvalue weighted by Crippen LogP contribution is -2.57. The zero-order valence-corrected chi connectivity index (χ0v) is 22.0. The predicted octanol–water partition coefficient (Wildman–Crippen LogP) is 3.94. The highest BCUT2D eigenvalue weighted by Crippen LogP contribution is 2.48. The molecule has 2 aromatic rings. The van der Waals surface area contributed by atoms with Crippen molar-refractivity contribution in [2.24, 2.45) is 11.8 Å². The Hall–Kier alpha value is -3.36. The quantitative estimate of drug-likeness (QED) is 0.351. The minimum absolute atomic E-state index is 0.0491. The number of carboxylic acid groups (broad SMARTS) is 2. The van der Waals surface area contributed by atoms with Crippen molar-refractivity contribution in [3.05, 3.63) is 72.3 Å². The highest BCUT2D eigenvalue weighted by atomic mass is 16.4. The number of hydrogen-bond acceptors (Lipinski definition) is 6. The normalized spacial score (nSPS) is 25.2. The van der Waals surface area contributed by atoms with E-state index >= 15 is 0 Å². The van der Waals surface area contributed by atoms with Crippen LogP contribution in [0.1, 0.15) is 43.5 Å². The molecule has 4 unspecified atom stereocenters. The van der Waals surface area contributed by atoms with E-state index in [0.29, 0.717) is 6.42 Å². The van der Waals surface area contributed by atoms with E-state index in [2.05, 4.69) is 112 Å². The van der Waals surface area contributed by atoms with Crippen molar-refractivity contribution >= 4 is 23.3 Å². The SMILES string of the molecule is C=CCC1(O)C(C)C(c2ccc(N(C)C)cc2)NC(c2ccc(N(C)C)cc2)C1C.O=C(O)C(=O)O. The van der Waals surface area contributed by atoms with Crippen molar-refractivity contribution in [1.29, 1.82) is 0 Å². The molecule has 0 bridgehead atoms. The summed E-state index contributed by atoms with van der Waals surface area (Å²) in [6.07, 6.45) is 2.44. The van der Waals surface area contributed by atoms with Gasteiger partial charge in [0.25, 0.3) is 0 Å². The maximum absolute atomic E-state index is 11.8. The topological polar surface area (TPSA) is 113 Å². The first kappa shape index (κ1) is 28.9. The van der Waals surface area contributed by atoms with Gasteiger partial charge in [0.2, 0.25) is 0 Å². The molecule has 4 N–H and O–H groups in total. The molecule has 0 aromatic heterocycles. The predicted molar refractivity (Wildman–Crippen MR) is 144 cm³/mol. The van der Waals surface area contributed by atoms with E-state index in [1.807, 2.05) is 6.08 Å². The number of rotatable bonds is 6. The number of piperidine rings is 1. The average molecular weight is 498 g/mol. The zero-order valence-electron chi connectivity index (χ0n) is 22.0. The number of benzene rings is 2. The monoisotopic (exact) mass is 497 g/mol. The second kappa shape index (κ2) is 12.1. The van der Waals surface area contributed by atoms with Crippen LogP contribution in [0, 0.1) is 11.8 Å². The Labute approximate surface area is 213 Å². The molecule has 196 valence electrons. The number of aliphatic carboxylic acids is 2.